The highest BCUT2D eigenvalue weighted by atomic mass is 32.1. The number of hydrogen-bond acceptors (Lipinski definition) is 5. The van der Waals surface area contributed by atoms with Crippen LogP contribution in [-0.4, -0.2) is 43.6 Å². The standard InChI is InChI=1S/C16H18F3N5OS/c17-16(18,19)12-8-26-14(21-12)10-3-5-23(6-4-10)15(25)11-1-2-13-22-20-9-24(13)7-11/h8-11H,1-7H2. The molecule has 0 saturated carbocycles. The summed E-state index contributed by atoms with van der Waals surface area (Å²) >= 11 is 1.06. The van der Waals surface area contributed by atoms with Crippen molar-refractivity contribution in [1.29, 1.82) is 0 Å². The van der Waals surface area contributed by atoms with Crippen molar-refractivity contribution in [3.8, 4) is 0 Å². The summed E-state index contributed by atoms with van der Waals surface area (Å²) in [6, 6.07) is 0. The monoisotopic (exact) mass is 385 g/mol. The molecule has 1 amide bonds. The highest BCUT2D eigenvalue weighted by molar-refractivity contribution is 7.09. The number of thiazole rings is 1. The van der Waals surface area contributed by atoms with Crippen molar-refractivity contribution in [2.24, 2.45) is 5.92 Å². The van der Waals surface area contributed by atoms with Crippen molar-refractivity contribution in [2.75, 3.05) is 13.1 Å². The van der Waals surface area contributed by atoms with Gasteiger partial charge in [0, 0.05) is 37.4 Å². The van der Waals surface area contributed by atoms with Crippen LogP contribution < -0.4 is 0 Å². The number of nitrogens with zero attached hydrogens (tertiary/aromatic N) is 5. The summed E-state index contributed by atoms with van der Waals surface area (Å²) < 4.78 is 40.0. The minimum atomic E-state index is -4.40. The van der Waals surface area contributed by atoms with Crippen LogP contribution in [0.2, 0.25) is 0 Å². The fraction of sp³-hybridized carbons (Fsp3) is 0.625. The van der Waals surface area contributed by atoms with Crippen molar-refractivity contribution < 1.29 is 18.0 Å². The lowest BCUT2D eigenvalue weighted by molar-refractivity contribution is -0.140. The molecule has 0 aromatic carbocycles. The van der Waals surface area contributed by atoms with Gasteiger partial charge in [0.15, 0.2) is 5.69 Å². The SMILES string of the molecule is O=C(C1CCc2nncn2C1)N1CCC(c2nc(C(F)(F)F)cs2)CC1. The minimum absolute atomic E-state index is 0.00374. The van der Waals surface area contributed by atoms with Crippen LogP contribution in [0.5, 0.6) is 0 Å². The predicted octanol–water partition coefficient (Wildman–Crippen LogP) is 2.72. The van der Waals surface area contributed by atoms with Crippen molar-refractivity contribution >= 4 is 17.2 Å². The Morgan fingerprint density at radius 3 is 2.69 bits per heavy atom. The van der Waals surface area contributed by atoms with Crippen molar-refractivity contribution in [3.63, 3.8) is 0 Å². The molecule has 0 aliphatic carbocycles. The highest BCUT2D eigenvalue weighted by Gasteiger charge is 2.36. The quantitative estimate of drug-likeness (QED) is 0.797. The number of aromatic nitrogens is 4. The summed E-state index contributed by atoms with van der Waals surface area (Å²) in [4.78, 5) is 18.4. The number of amides is 1. The smallest absolute Gasteiger partial charge is 0.342 e. The maximum absolute atomic E-state index is 12.8. The number of aryl methyl sites for hydroxylation is 1. The van der Waals surface area contributed by atoms with E-state index in [0.717, 1.165) is 35.4 Å². The predicted molar refractivity (Wildman–Crippen MR) is 87.5 cm³/mol. The number of alkyl halides is 3. The van der Waals surface area contributed by atoms with Crippen LogP contribution in [0.4, 0.5) is 13.2 Å². The van der Waals surface area contributed by atoms with E-state index in [1.807, 2.05) is 9.47 Å². The first kappa shape index (κ1) is 17.4. The van der Waals surface area contributed by atoms with Gasteiger partial charge in [0.05, 0.1) is 10.9 Å². The molecule has 0 bridgehead atoms. The average Bonchev–Trinajstić information content (AvgIpc) is 3.29. The second kappa shape index (κ2) is 6.64. The molecule has 6 nitrogen and oxygen atoms in total. The molecule has 140 valence electrons. The van der Waals surface area contributed by atoms with Crippen LogP contribution in [0.3, 0.4) is 0 Å². The van der Waals surface area contributed by atoms with Crippen LogP contribution in [-0.2, 0) is 23.9 Å². The highest BCUT2D eigenvalue weighted by Crippen LogP contribution is 2.36. The van der Waals surface area contributed by atoms with Gasteiger partial charge in [0.1, 0.15) is 12.2 Å². The molecule has 4 rings (SSSR count). The third kappa shape index (κ3) is 3.34. The van der Waals surface area contributed by atoms with E-state index in [9.17, 15) is 18.0 Å². The first-order valence-corrected chi connectivity index (χ1v) is 9.48. The summed E-state index contributed by atoms with van der Waals surface area (Å²) in [5.74, 6) is 0.956. The topological polar surface area (TPSA) is 63.9 Å². The van der Waals surface area contributed by atoms with E-state index in [1.165, 1.54) is 0 Å². The maximum Gasteiger partial charge on any atom is 0.434 e. The summed E-state index contributed by atoms with van der Waals surface area (Å²) in [7, 11) is 0. The number of fused-ring (bicyclic) bond motifs is 1. The van der Waals surface area contributed by atoms with Gasteiger partial charge in [0.25, 0.3) is 0 Å². The van der Waals surface area contributed by atoms with Crippen LogP contribution >= 0.6 is 11.3 Å². The lowest BCUT2D eigenvalue weighted by Gasteiger charge is -2.34. The van der Waals surface area contributed by atoms with Crippen molar-refractivity contribution in [3.05, 3.63) is 28.2 Å². The molecule has 1 fully saturated rings. The van der Waals surface area contributed by atoms with E-state index in [0.29, 0.717) is 37.5 Å². The normalized spacial score (nSPS) is 21.7. The molecule has 1 saturated heterocycles. The van der Waals surface area contributed by atoms with E-state index in [2.05, 4.69) is 15.2 Å². The van der Waals surface area contributed by atoms with Gasteiger partial charge in [-0.05, 0) is 19.3 Å². The number of halogens is 3. The molecule has 0 radical (unpaired) electrons. The van der Waals surface area contributed by atoms with Crippen LogP contribution in [0.25, 0.3) is 0 Å². The lowest BCUT2D eigenvalue weighted by Crippen LogP contribution is -2.43. The zero-order chi connectivity index (χ0) is 18.3. The Hall–Kier alpha value is -1.97. The Kier molecular flexibility index (Phi) is 4.45. The Balaban J connectivity index is 1.35. The van der Waals surface area contributed by atoms with Crippen molar-refractivity contribution in [1.82, 2.24) is 24.6 Å². The average molecular weight is 385 g/mol. The van der Waals surface area contributed by atoms with Crippen LogP contribution in [0, 0.1) is 5.92 Å². The molecule has 2 aliphatic heterocycles. The largest absolute Gasteiger partial charge is 0.434 e. The number of piperidine rings is 1. The van der Waals surface area contributed by atoms with Gasteiger partial charge in [-0.1, -0.05) is 0 Å². The number of rotatable bonds is 2. The molecule has 0 N–H and O–H groups in total. The number of hydrogen-bond donors (Lipinski definition) is 0. The Morgan fingerprint density at radius 2 is 2.00 bits per heavy atom. The molecule has 0 spiro atoms. The molecular formula is C16H18F3N5OS. The van der Waals surface area contributed by atoms with E-state index in [-0.39, 0.29) is 17.7 Å². The fourth-order valence-electron chi connectivity index (χ4n) is 3.67. The molecule has 2 aliphatic rings. The van der Waals surface area contributed by atoms with Gasteiger partial charge in [-0.2, -0.15) is 13.2 Å². The molecule has 4 heterocycles. The number of carbonyl (C=O) groups excluding carboxylic acids is 1. The summed E-state index contributed by atoms with van der Waals surface area (Å²) in [6.07, 6.45) is 0.0719. The molecule has 2 aromatic heterocycles. The third-order valence-electron chi connectivity index (χ3n) is 5.15. The first-order chi connectivity index (χ1) is 12.4. The van der Waals surface area contributed by atoms with Gasteiger partial charge in [-0.25, -0.2) is 4.98 Å². The van der Waals surface area contributed by atoms with Crippen molar-refractivity contribution in [2.45, 2.75) is 44.3 Å². The summed E-state index contributed by atoms with van der Waals surface area (Å²) in [5, 5.41) is 9.50. The van der Waals surface area contributed by atoms with Gasteiger partial charge in [0.2, 0.25) is 5.91 Å². The number of likely N-dealkylation sites (tertiary alicyclic amines) is 1. The van der Waals surface area contributed by atoms with E-state index in [4.69, 9.17) is 0 Å². The Bertz CT molecular complexity index is 794. The van der Waals surface area contributed by atoms with Gasteiger partial charge >= 0.3 is 6.18 Å². The zero-order valence-electron chi connectivity index (χ0n) is 13.9. The van der Waals surface area contributed by atoms with E-state index in [1.54, 1.807) is 6.33 Å². The van der Waals surface area contributed by atoms with Gasteiger partial charge in [-0.3, -0.25) is 4.79 Å². The molecule has 10 heteroatoms. The summed E-state index contributed by atoms with van der Waals surface area (Å²) in [6.45, 7) is 1.73. The third-order valence-corrected chi connectivity index (χ3v) is 6.15. The minimum Gasteiger partial charge on any atom is -0.342 e. The fourth-order valence-corrected chi connectivity index (χ4v) is 4.67. The van der Waals surface area contributed by atoms with Gasteiger partial charge < -0.3 is 9.47 Å². The summed E-state index contributed by atoms with van der Waals surface area (Å²) in [5.41, 5.74) is -0.817. The van der Waals surface area contributed by atoms with Crippen LogP contribution in [0.1, 0.15) is 41.7 Å². The molecule has 1 atom stereocenters. The lowest BCUT2D eigenvalue weighted by atomic mass is 9.93. The Morgan fingerprint density at radius 1 is 1.23 bits per heavy atom. The van der Waals surface area contributed by atoms with Crippen LogP contribution in [0.15, 0.2) is 11.7 Å². The van der Waals surface area contributed by atoms with Gasteiger partial charge in [-0.15, -0.1) is 21.5 Å². The first-order valence-electron chi connectivity index (χ1n) is 8.60. The molecule has 2 aromatic rings. The van der Waals surface area contributed by atoms with E-state index >= 15 is 0 Å². The molecule has 26 heavy (non-hydrogen) atoms. The second-order valence-electron chi connectivity index (χ2n) is 6.80. The van der Waals surface area contributed by atoms with E-state index < -0.39 is 11.9 Å². The maximum atomic E-state index is 12.8. The zero-order valence-corrected chi connectivity index (χ0v) is 14.8. The molecule has 1 unspecified atom stereocenters. The molecular weight excluding hydrogens is 367 g/mol. The number of carbonyl (C=O) groups is 1. The Labute approximate surface area is 152 Å². The second-order valence-corrected chi connectivity index (χ2v) is 7.69.